The molecule has 0 aromatic carbocycles. The molecular weight excluding hydrogens is 168 g/mol. The molecule has 1 atom stereocenters. The van der Waals surface area contributed by atoms with Crippen molar-refractivity contribution >= 4 is 12.2 Å². The highest BCUT2D eigenvalue weighted by Gasteiger charge is 2.05. The number of nitrogens with two attached hydrogens (primary N) is 1. The molecule has 0 saturated carbocycles. The summed E-state index contributed by atoms with van der Waals surface area (Å²) in [4.78, 5) is 3.09. The summed E-state index contributed by atoms with van der Waals surface area (Å²) in [6, 6.07) is 4.01. The van der Waals surface area contributed by atoms with Gasteiger partial charge in [-0.25, -0.2) is 0 Å². The largest absolute Gasteiger partial charge is 0.350 e. The number of aromatic nitrogens is 1. The third kappa shape index (κ3) is 1.93. The van der Waals surface area contributed by atoms with Crippen molar-refractivity contribution in [3.05, 3.63) is 28.0 Å². The number of aromatic amines is 1. The average Bonchev–Trinajstić information content (AvgIpc) is 2.03. The molecular formula is C9H14N2S. The standard InChI is InChI=1S/C9H14N2S/c1-3-8(10)7-4-5-9(12)11-6(7)2/h4-5,8H,3,10H2,1-2H3,(H,11,12). The second-order valence-electron chi connectivity index (χ2n) is 2.92. The molecule has 12 heavy (non-hydrogen) atoms. The highest BCUT2D eigenvalue weighted by molar-refractivity contribution is 7.71. The molecule has 0 fully saturated rings. The van der Waals surface area contributed by atoms with Gasteiger partial charge < -0.3 is 10.7 Å². The summed E-state index contributed by atoms with van der Waals surface area (Å²) in [6.45, 7) is 4.08. The first-order valence-electron chi connectivity index (χ1n) is 4.10. The molecule has 0 amide bonds. The van der Waals surface area contributed by atoms with E-state index in [0.717, 1.165) is 22.3 Å². The summed E-state index contributed by atoms with van der Waals surface area (Å²) in [5.41, 5.74) is 8.13. The van der Waals surface area contributed by atoms with Gasteiger partial charge in [-0.1, -0.05) is 25.2 Å². The van der Waals surface area contributed by atoms with Crippen LogP contribution in [0.3, 0.4) is 0 Å². The fourth-order valence-electron chi connectivity index (χ4n) is 1.21. The van der Waals surface area contributed by atoms with Crippen LogP contribution in [0.1, 0.15) is 30.6 Å². The van der Waals surface area contributed by atoms with E-state index in [2.05, 4.69) is 11.9 Å². The molecule has 1 aromatic rings. The van der Waals surface area contributed by atoms with Gasteiger partial charge in [0.15, 0.2) is 0 Å². The molecule has 66 valence electrons. The van der Waals surface area contributed by atoms with E-state index in [-0.39, 0.29) is 6.04 Å². The molecule has 2 nitrogen and oxygen atoms in total. The summed E-state index contributed by atoms with van der Waals surface area (Å²) >= 11 is 4.99. The predicted octanol–water partition coefficient (Wildman–Crippen LogP) is 2.46. The van der Waals surface area contributed by atoms with Crippen LogP contribution in [0.25, 0.3) is 0 Å². The predicted molar refractivity (Wildman–Crippen MR) is 53.6 cm³/mol. The van der Waals surface area contributed by atoms with E-state index >= 15 is 0 Å². The zero-order chi connectivity index (χ0) is 9.14. The Labute approximate surface area is 77.8 Å². The van der Waals surface area contributed by atoms with Gasteiger partial charge in [0.2, 0.25) is 0 Å². The molecule has 3 heteroatoms. The van der Waals surface area contributed by atoms with Crippen LogP contribution in [-0.2, 0) is 0 Å². The molecule has 3 N–H and O–H groups in total. The fraction of sp³-hybridized carbons (Fsp3) is 0.444. The first kappa shape index (κ1) is 9.42. The highest BCUT2D eigenvalue weighted by atomic mass is 32.1. The zero-order valence-electron chi connectivity index (χ0n) is 7.42. The first-order chi connectivity index (χ1) is 5.65. The van der Waals surface area contributed by atoms with Gasteiger partial charge in [0.05, 0.1) is 0 Å². The Balaban J connectivity index is 3.09. The van der Waals surface area contributed by atoms with Gasteiger partial charge in [-0.15, -0.1) is 0 Å². The van der Waals surface area contributed by atoms with Crippen molar-refractivity contribution in [1.29, 1.82) is 0 Å². The van der Waals surface area contributed by atoms with Crippen molar-refractivity contribution in [2.45, 2.75) is 26.3 Å². The van der Waals surface area contributed by atoms with Crippen LogP contribution in [0.2, 0.25) is 0 Å². The Hall–Kier alpha value is -0.670. The average molecular weight is 182 g/mol. The lowest BCUT2D eigenvalue weighted by Crippen LogP contribution is -2.10. The number of hydrogen-bond acceptors (Lipinski definition) is 2. The van der Waals surface area contributed by atoms with Crippen molar-refractivity contribution in [2.24, 2.45) is 5.73 Å². The van der Waals surface area contributed by atoms with Crippen molar-refractivity contribution in [1.82, 2.24) is 4.98 Å². The fourth-order valence-corrected chi connectivity index (χ4v) is 1.43. The molecule has 0 spiro atoms. The lowest BCUT2D eigenvalue weighted by atomic mass is 10.0. The number of H-pyrrole nitrogens is 1. The van der Waals surface area contributed by atoms with Crippen molar-refractivity contribution in [3.8, 4) is 0 Å². The minimum atomic E-state index is 0.122. The Morgan fingerprint density at radius 2 is 2.25 bits per heavy atom. The smallest absolute Gasteiger partial charge is 0.103 e. The molecule has 0 bridgehead atoms. The minimum Gasteiger partial charge on any atom is -0.350 e. The SMILES string of the molecule is CCC(N)c1ccc(=S)[nH]c1C. The Bertz CT molecular complexity index is 317. The van der Waals surface area contributed by atoms with Gasteiger partial charge in [-0.05, 0) is 25.0 Å². The highest BCUT2D eigenvalue weighted by Crippen LogP contribution is 2.15. The number of rotatable bonds is 2. The van der Waals surface area contributed by atoms with E-state index in [1.807, 2.05) is 19.1 Å². The summed E-state index contributed by atoms with van der Waals surface area (Å²) in [7, 11) is 0. The van der Waals surface area contributed by atoms with Gasteiger partial charge in [0.1, 0.15) is 4.64 Å². The van der Waals surface area contributed by atoms with Crippen LogP contribution in [-0.4, -0.2) is 4.98 Å². The number of nitrogens with one attached hydrogen (secondary N) is 1. The molecule has 1 unspecified atom stereocenters. The van der Waals surface area contributed by atoms with Crippen LogP contribution in [0.5, 0.6) is 0 Å². The summed E-state index contributed by atoms with van der Waals surface area (Å²) in [5, 5.41) is 0. The summed E-state index contributed by atoms with van der Waals surface area (Å²) in [5.74, 6) is 0. The van der Waals surface area contributed by atoms with E-state index in [1.165, 1.54) is 0 Å². The van der Waals surface area contributed by atoms with Crippen LogP contribution >= 0.6 is 12.2 Å². The Kier molecular flexibility index (Phi) is 3.00. The minimum absolute atomic E-state index is 0.122. The van der Waals surface area contributed by atoms with E-state index in [1.54, 1.807) is 0 Å². The molecule has 1 aromatic heterocycles. The Morgan fingerprint density at radius 1 is 1.58 bits per heavy atom. The molecule has 0 aliphatic carbocycles. The topological polar surface area (TPSA) is 41.8 Å². The number of aryl methyl sites for hydroxylation is 1. The van der Waals surface area contributed by atoms with Gasteiger partial charge >= 0.3 is 0 Å². The van der Waals surface area contributed by atoms with Crippen molar-refractivity contribution < 1.29 is 0 Å². The van der Waals surface area contributed by atoms with E-state index in [9.17, 15) is 0 Å². The molecule has 0 aliphatic heterocycles. The molecule has 1 rings (SSSR count). The zero-order valence-corrected chi connectivity index (χ0v) is 8.24. The number of pyridine rings is 1. The van der Waals surface area contributed by atoms with E-state index in [0.29, 0.717) is 0 Å². The van der Waals surface area contributed by atoms with Crippen LogP contribution in [0, 0.1) is 11.6 Å². The lowest BCUT2D eigenvalue weighted by Gasteiger charge is -2.11. The third-order valence-corrected chi connectivity index (χ3v) is 2.24. The molecule has 1 heterocycles. The quantitative estimate of drug-likeness (QED) is 0.690. The van der Waals surface area contributed by atoms with Gasteiger partial charge in [0, 0.05) is 11.7 Å². The van der Waals surface area contributed by atoms with E-state index < -0.39 is 0 Å². The maximum Gasteiger partial charge on any atom is 0.103 e. The maximum atomic E-state index is 5.89. The summed E-state index contributed by atoms with van der Waals surface area (Å²) < 4.78 is 0.763. The molecule has 0 radical (unpaired) electrons. The van der Waals surface area contributed by atoms with Crippen molar-refractivity contribution in [3.63, 3.8) is 0 Å². The Morgan fingerprint density at radius 3 is 2.75 bits per heavy atom. The second-order valence-corrected chi connectivity index (χ2v) is 3.36. The monoisotopic (exact) mass is 182 g/mol. The van der Waals surface area contributed by atoms with Crippen LogP contribution in [0.15, 0.2) is 12.1 Å². The first-order valence-corrected chi connectivity index (χ1v) is 4.51. The van der Waals surface area contributed by atoms with Crippen molar-refractivity contribution in [2.75, 3.05) is 0 Å². The van der Waals surface area contributed by atoms with Crippen LogP contribution < -0.4 is 5.73 Å². The summed E-state index contributed by atoms with van der Waals surface area (Å²) in [6.07, 6.45) is 0.950. The van der Waals surface area contributed by atoms with Gasteiger partial charge in [-0.2, -0.15) is 0 Å². The molecule has 0 saturated heterocycles. The molecule has 0 aliphatic rings. The van der Waals surface area contributed by atoms with Gasteiger partial charge in [-0.3, -0.25) is 0 Å². The maximum absolute atomic E-state index is 5.89. The van der Waals surface area contributed by atoms with E-state index in [4.69, 9.17) is 18.0 Å². The van der Waals surface area contributed by atoms with Crippen LogP contribution in [0.4, 0.5) is 0 Å². The second kappa shape index (κ2) is 3.83. The number of hydrogen-bond donors (Lipinski definition) is 2. The van der Waals surface area contributed by atoms with Gasteiger partial charge in [0.25, 0.3) is 0 Å². The third-order valence-electron chi connectivity index (χ3n) is 2.00. The lowest BCUT2D eigenvalue weighted by molar-refractivity contribution is 0.688. The normalized spacial score (nSPS) is 12.9.